The van der Waals surface area contributed by atoms with Crippen molar-refractivity contribution in [2.45, 2.75) is 38.3 Å². The van der Waals surface area contributed by atoms with E-state index in [1.165, 1.54) is 7.11 Å². The van der Waals surface area contributed by atoms with Crippen molar-refractivity contribution in [3.63, 3.8) is 0 Å². The Morgan fingerprint density at radius 2 is 2.50 bits per heavy atom. The number of carbonyl (C=O) groups is 1. The summed E-state index contributed by atoms with van der Waals surface area (Å²) in [6.45, 7) is 3.61. The van der Waals surface area contributed by atoms with Crippen LogP contribution >= 0.6 is 0 Å². The zero-order chi connectivity index (χ0) is 10.4. The van der Waals surface area contributed by atoms with E-state index in [1.54, 1.807) is 0 Å². The third-order valence-electron chi connectivity index (χ3n) is 2.38. The molecule has 1 fully saturated rings. The third kappa shape index (κ3) is 4.07. The highest BCUT2D eigenvalue weighted by atomic mass is 16.5. The van der Waals surface area contributed by atoms with E-state index in [2.05, 4.69) is 10.1 Å². The van der Waals surface area contributed by atoms with Crippen molar-refractivity contribution in [1.82, 2.24) is 5.32 Å². The summed E-state index contributed by atoms with van der Waals surface area (Å²) in [6, 6.07) is 0.553. The van der Waals surface area contributed by atoms with Gasteiger partial charge in [0, 0.05) is 18.7 Å². The highest BCUT2D eigenvalue weighted by Gasteiger charge is 2.17. The van der Waals surface area contributed by atoms with Gasteiger partial charge in [0.25, 0.3) is 0 Å². The maximum atomic E-state index is 11.0. The van der Waals surface area contributed by atoms with Crippen LogP contribution < -0.4 is 5.32 Å². The molecule has 0 saturated carbocycles. The number of hydrogen-bond acceptors (Lipinski definition) is 4. The van der Waals surface area contributed by atoms with Gasteiger partial charge in [-0.15, -0.1) is 0 Å². The van der Waals surface area contributed by atoms with E-state index in [0.29, 0.717) is 12.5 Å². The smallest absolute Gasteiger partial charge is 0.307 e. The fourth-order valence-corrected chi connectivity index (χ4v) is 1.67. The summed E-state index contributed by atoms with van der Waals surface area (Å²) < 4.78 is 9.94. The van der Waals surface area contributed by atoms with E-state index >= 15 is 0 Å². The Bertz CT molecular complexity index is 178. The molecule has 4 nitrogen and oxygen atoms in total. The minimum atomic E-state index is -0.165. The van der Waals surface area contributed by atoms with Crippen LogP contribution in [-0.2, 0) is 14.3 Å². The van der Waals surface area contributed by atoms with Crippen molar-refractivity contribution in [1.29, 1.82) is 0 Å². The van der Waals surface area contributed by atoms with Crippen molar-refractivity contribution in [2.24, 2.45) is 0 Å². The molecule has 1 aliphatic heterocycles. The largest absolute Gasteiger partial charge is 0.469 e. The fourth-order valence-electron chi connectivity index (χ4n) is 1.67. The number of carbonyl (C=O) groups excluding carboxylic acids is 1. The molecule has 0 radical (unpaired) electrons. The molecule has 1 rings (SSSR count). The Kier molecular flexibility index (Phi) is 4.90. The van der Waals surface area contributed by atoms with Gasteiger partial charge in [0.15, 0.2) is 0 Å². The predicted molar refractivity (Wildman–Crippen MR) is 53.1 cm³/mol. The van der Waals surface area contributed by atoms with Gasteiger partial charge >= 0.3 is 5.97 Å². The van der Waals surface area contributed by atoms with Crippen LogP contribution in [0.2, 0.25) is 0 Å². The lowest BCUT2D eigenvalue weighted by atomic mass is 10.1. The van der Waals surface area contributed by atoms with Crippen molar-refractivity contribution < 1.29 is 14.3 Å². The summed E-state index contributed by atoms with van der Waals surface area (Å²) in [5, 5.41) is 3.36. The average Bonchev–Trinajstić information content (AvgIpc) is 2.19. The Balaban J connectivity index is 2.18. The van der Waals surface area contributed by atoms with Crippen molar-refractivity contribution in [3.05, 3.63) is 0 Å². The van der Waals surface area contributed by atoms with Crippen LogP contribution in [0, 0.1) is 0 Å². The molecule has 2 atom stereocenters. The van der Waals surface area contributed by atoms with Gasteiger partial charge < -0.3 is 14.8 Å². The second kappa shape index (κ2) is 5.98. The zero-order valence-corrected chi connectivity index (χ0v) is 8.91. The van der Waals surface area contributed by atoms with Gasteiger partial charge in [-0.05, 0) is 19.8 Å². The van der Waals surface area contributed by atoms with Crippen molar-refractivity contribution in [3.8, 4) is 0 Å². The molecular formula is C10H19NO3. The molecule has 4 heteroatoms. The minimum Gasteiger partial charge on any atom is -0.469 e. The number of nitrogens with one attached hydrogen (secondary N) is 1. The van der Waals surface area contributed by atoms with Crippen LogP contribution in [0.25, 0.3) is 0 Å². The quantitative estimate of drug-likeness (QED) is 0.680. The highest BCUT2D eigenvalue weighted by Crippen LogP contribution is 2.07. The number of ether oxygens (including phenoxy) is 2. The predicted octanol–water partition coefficient (Wildman–Crippen LogP) is 0.707. The molecule has 1 aliphatic rings. The number of rotatable bonds is 4. The Morgan fingerprint density at radius 3 is 3.07 bits per heavy atom. The molecule has 1 N–H and O–H groups in total. The Labute approximate surface area is 85.0 Å². The van der Waals surface area contributed by atoms with Gasteiger partial charge in [0.05, 0.1) is 20.1 Å². The number of methoxy groups -OCH3 is 1. The highest BCUT2D eigenvalue weighted by molar-refractivity contribution is 5.69. The van der Waals surface area contributed by atoms with E-state index in [4.69, 9.17) is 4.74 Å². The van der Waals surface area contributed by atoms with Gasteiger partial charge in [-0.2, -0.15) is 0 Å². The van der Waals surface area contributed by atoms with Crippen molar-refractivity contribution in [2.75, 3.05) is 20.3 Å². The minimum absolute atomic E-state index is 0.161. The summed E-state index contributed by atoms with van der Waals surface area (Å²) >= 11 is 0. The molecule has 2 unspecified atom stereocenters. The summed E-state index contributed by atoms with van der Waals surface area (Å²) in [4.78, 5) is 11.0. The molecule has 0 amide bonds. The SMILES string of the molecule is COC(=O)CC(C)NC1CCCOC1. The molecular weight excluding hydrogens is 182 g/mol. The number of esters is 1. The van der Waals surface area contributed by atoms with Crippen LogP contribution in [0.1, 0.15) is 26.2 Å². The molecule has 0 aromatic heterocycles. The fraction of sp³-hybridized carbons (Fsp3) is 0.900. The first kappa shape index (κ1) is 11.5. The van der Waals surface area contributed by atoms with Crippen LogP contribution in [0.5, 0.6) is 0 Å². The molecule has 14 heavy (non-hydrogen) atoms. The van der Waals surface area contributed by atoms with Crippen LogP contribution in [0.3, 0.4) is 0 Å². The number of hydrogen-bond donors (Lipinski definition) is 1. The first-order valence-electron chi connectivity index (χ1n) is 5.13. The monoisotopic (exact) mass is 201 g/mol. The van der Waals surface area contributed by atoms with Crippen molar-refractivity contribution >= 4 is 5.97 Å². The molecule has 0 aliphatic carbocycles. The zero-order valence-electron chi connectivity index (χ0n) is 8.91. The summed E-state index contributed by atoms with van der Waals surface area (Å²) in [7, 11) is 1.42. The lowest BCUT2D eigenvalue weighted by Gasteiger charge is -2.26. The lowest BCUT2D eigenvalue weighted by Crippen LogP contribution is -2.42. The van der Waals surface area contributed by atoms with Gasteiger partial charge in [-0.1, -0.05) is 0 Å². The maximum Gasteiger partial charge on any atom is 0.307 e. The summed E-state index contributed by atoms with van der Waals surface area (Å²) in [6.07, 6.45) is 2.65. The van der Waals surface area contributed by atoms with Crippen LogP contribution in [0.15, 0.2) is 0 Å². The molecule has 0 aromatic carbocycles. The topological polar surface area (TPSA) is 47.6 Å². The molecule has 0 bridgehead atoms. The molecule has 0 spiro atoms. The molecule has 1 heterocycles. The first-order chi connectivity index (χ1) is 6.72. The standard InChI is InChI=1S/C10H19NO3/c1-8(6-10(12)13-2)11-9-4-3-5-14-7-9/h8-9,11H,3-7H2,1-2H3. The Morgan fingerprint density at radius 1 is 1.71 bits per heavy atom. The lowest BCUT2D eigenvalue weighted by molar-refractivity contribution is -0.141. The second-order valence-electron chi connectivity index (χ2n) is 3.76. The van der Waals surface area contributed by atoms with Gasteiger partial charge in [0.2, 0.25) is 0 Å². The average molecular weight is 201 g/mol. The first-order valence-corrected chi connectivity index (χ1v) is 5.13. The van der Waals surface area contributed by atoms with Crippen LogP contribution in [0.4, 0.5) is 0 Å². The normalized spacial score (nSPS) is 24.3. The molecule has 82 valence electrons. The van der Waals surface area contributed by atoms with Gasteiger partial charge in [0.1, 0.15) is 0 Å². The third-order valence-corrected chi connectivity index (χ3v) is 2.38. The molecule has 0 aromatic rings. The van der Waals surface area contributed by atoms with E-state index < -0.39 is 0 Å². The Hall–Kier alpha value is -0.610. The van der Waals surface area contributed by atoms with E-state index in [1.807, 2.05) is 6.92 Å². The summed E-state index contributed by atoms with van der Waals surface area (Å²) in [5.41, 5.74) is 0. The maximum absolute atomic E-state index is 11.0. The van der Waals surface area contributed by atoms with E-state index in [0.717, 1.165) is 26.1 Å². The van der Waals surface area contributed by atoms with Gasteiger partial charge in [-0.3, -0.25) is 4.79 Å². The van der Waals surface area contributed by atoms with E-state index in [9.17, 15) is 4.79 Å². The van der Waals surface area contributed by atoms with Gasteiger partial charge in [-0.25, -0.2) is 0 Å². The molecule has 1 saturated heterocycles. The van der Waals surface area contributed by atoms with Crippen LogP contribution in [-0.4, -0.2) is 38.4 Å². The second-order valence-corrected chi connectivity index (χ2v) is 3.76. The summed E-state index contributed by atoms with van der Waals surface area (Å²) in [5.74, 6) is -0.165. The van der Waals surface area contributed by atoms with E-state index in [-0.39, 0.29) is 12.0 Å².